The van der Waals surface area contributed by atoms with Crippen molar-refractivity contribution in [2.75, 3.05) is 18.0 Å². The first-order valence-corrected chi connectivity index (χ1v) is 12.2. The lowest BCUT2D eigenvalue weighted by atomic mass is 9.96. The first-order chi connectivity index (χ1) is 15.6. The molecule has 6 nitrogen and oxygen atoms in total. The van der Waals surface area contributed by atoms with E-state index >= 15 is 0 Å². The average molecular weight is 467 g/mol. The van der Waals surface area contributed by atoms with Crippen LogP contribution in [0.25, 0.3) is 0 Å². The number of methoxy groups -OCH3 is 1. The molecule has 0 saturated carbocycles. The third-order valence-corrected chi connectivity index (χ3v) is 7.47. The van der Waals surface area contributed by atoms with E-state index in [2.05, 4.69) is 24.4 Å². The first kappa shape index (κ1) is 24.3. The molecule has 0 aliphatic carbocycles. The molecule has 1 amide bonds. The number of hydrogen-bond acceptors (Lipinski definition) is 4. The fraction of sp³-hybridized carbons (Fsp3) is 0.269. The molecule has 3 rings (SSSR count). The van der Waals surface area contributed by atoms with E-state index in [1.807, 2.05) is 20.8 Å². The Bertz CT molecular complexity index is 1240. The van der Waals surface area contributed by atoms with Crippen molar-refractivity contribution in [3.63, 3.8) is 0 Å². The van der Waals surface area contributed by atoms with Crippen molar-refractivity contribution >= 4 is 21.6 Å². The van der Waals surface area contributed by atoms with Gasteiger partial charge in [0.05, 0.1) is 23.7 Å². The van der Waals surface area contributed by atoms with Crippen LogP contribution in [0.1, 0.15) is 35.2 Å². The highest BCUT2D eigenvalue weighted by Gasteiger charge is 2.28. The van der Waals surface area contributed by atoms with Gasteiger partial charge in [-0.25, -0.2) is 8.42 Å². The fourth-order valence-electron chi connectivity index (χ4n) is 3.75. The second kappa shape index (κ2) is 10.1. The zero-order valence-corrected chi connectivity index (χ0v) is 20.4. The molecule has 0 spiro atoms. The summed E-state index contributed by atoms with van der Waals surface area (Å²) in [5.41, 5.74) is 4.76. The predicted octanol–water partition coefficient (Wildman–Crippen LogP) is 4.69. The van der Waals surface area contributed by atoms with Crippen molar-refractivity contribution in [2.24, 2.45) is 0 Å². The molecule has 3 aromatic rings. The van der Waals surface area contributed by atoms with Crippen LogP contribution < -0.4 is 14.4 Å². The number of amides is 1. The van der Waals surface area contributed by atoms with Crippen LogP contribution >= 0.6 is 0 Å². The standard InChI is InChI=1S/C26H30N2O4S/c1-18-14-20(3)25(15-19(18)2)21(4)27-26(29)17-28(22-10-9-11-23(16-22)32-5)33(30,31)24-12-7-6-8-13-24/h6-16,21H,17H2,1-5H3,(H,27,29)/t21-/m0/s1. The zero-order chi connectivity index (χ0) is 24.2. The number of rotatable bonds is 8. The minimum atomic E-state index is -3.98. The predicted molar refractivity (Wildman–Crippen MR) is 131 cm³/mol. The van der Waals surface area contributed by atoms with Gasteiger partial charge in [0.1, 0.15) is 12.3 Å². The Hall–Kier alpha value is -3.32. The molecule has 7 heteroatoms. The molecule has 0 fully saturated rings. The van der Waals surface area contributed by atoms with E-state index in [4.69, 9.17) is 4.74 Å². The van der Waals surface area contributed by atoms with Gasteiger partial charge in [-0.15, -0.1) is 0 Å². The van der Waals surface area contributed by atoms with Crippen LogP contribution in [-0.2, 0) is 14.8 Å². The van der Waals surface area contributed by atoms with E-state index in [9.17, 15) is 13.2 Å². The van der Waals surface area contributed by atoms with Crippen molar-refractivity contribution in [2.45, 2.75) is 38.6 Å². The molecule has 0 radical (unpaired) electrons. The van der Waals surface area contributed by atoms with Gasteiger partial charge in [0.2, 0.25) is 5.91 Å². The number of carbonyl (C=O) groups is 1. The monoisotopic (exact) mass is 466 g/mol. The first-order valence-electron chi connectivity index (χ1n) is 10.7. The number of anilines is 1. The molecule has 0 heterocycles. The number of nitrogens with one attached hydrogen (secondary N) is 1. The Balaban J connectivity index is 1.92. The van der Waals surface area contributed by atoms with Crippen LogP contribution in [-0.4, -0.2) is 28.0 Å². The van der Waals surface area contributed by atoms with Gasteiger partial charge in [0.15, 0.2) is 0 Å². The molecule has 0 bridgehead atoms. The van der Waals surface area contributed by atoms with Crippen LogP contribution in [0.2, 0.25) is 0 Å². The number of benzene rings is 3. The molecule has 0 aliphatic heterocycles. The number of sulfonamides is 1. The van der Waals surface area contributed by atoms with E-state index in [-0.39, 0.29) is 17.5 Å². The molecule has 0 unspecified atom stereocenters. The molecular formula is C26H30N2O4S. The van der Waals surface area contributed by atoms with Crippen LogP contribution in [0.5, 0.6) is 5.75 Å². The van der Waals surface area contributed by atoms with E-state index in [1.165, 1.54) is 24.8 Å². The number of ether oxygens (including phenoxy) is 1. The second-order valence-corrected chi connectivity index (χ2v) is 9.97. The highest BCUT2D eigenvalue weighted by Crippen LogP contribution is 2.27. The van der Waals surface area contributed by atoms with Gasteiger partial charge in [-0.3, -0.25) is 9.10 Å². The number of aryl methyl sites for hydroxylation is 3. The zero-order valence-electron chi connectivity index (χ0n) is 19.6. The summed E-state index contributed by atoms with van der Waals surface area (Å²) in [6.45, 7) is 7.63. The van der Waals surface area contributed by atoms with Gasteiger partial charge < -0.3 is 10.1 Å². The quantitative estimate of drug-likeness (QED) is 0.522. The Morgan fingerprint density at radius 2 is 1.61 bits per heavy atom. The highest BCUT2D eigenvalue weighted by molar-refractivity contribution is 7.92. The lowest BCUT2D eigenvalue weighted by molar-refractivity contribution is -0.120. The summed E-state index contributed by atoms with van der Waals surface area (Å²) >= 11 is 0. The summed E-state index contributed by atoms with van der Waals surface area (Å²) in [6.07, 6.45) is 0. The van der Waals surface area contributed by atoms with Gasteiger partial charge in [0, 0.05) is 6.07 Å². The molecule has 33 heavy (non-hydrogen) atoms. The second-order valence-electron chi connectivity index (χ2n) is 8.11. The third-order valence-electron chi connectivity index (χ3n) is 5.69. The van der Waals surface area contributed by atoms with Crippen molar-refractivity contribution < 1.29 is 17.9 Å². The lowest BCUT2D eigenvalue weighted by Crippen LogP contribution is -2.41. The Morgan fingerprint density at radius 3 is 2.27 bits per heavy atom. The number of hydrogen-bond donors (Lipinski definition) is 1. The summed E-state index contributed by atoms with van der Waals surface area (Å²) in [4.78, 5) is 13.2. The lowest BCUT2D eigenvalue weighted by Gasteiger charge is -2.26. The van der Waals surface area contributed by atoms with Crippen LogP contribution in [0.4, 0.5) is 5.69 Å². The summed E-state index contributed by atoms with van der Waals surface area (Å²) in [7, 11) is -2.47. The molecule has 0 aliphatic rings. The van der Waals surface area contributed by atoms with Gasteiger partial charge in [-0.05, 0) is 74.2 Å². The topological polar surface area (TPSA) is 75.7 Å². The van der Waals surface area contributed by atoms with E-state index in [1.54, 1.807) is 42.5 Å². The van der Waals surface area contributed by atoms with Gasteiger partial charge in [-0.1, -0.05) is 36.4 Å². The Labute approximate surface area is 196 Å². The van der Waals surface area contributed by atoms with Crippen LogP contribution in [0.15, 0.2) is 71.6 Å². The summed E-state index contributed by atoms with van der Waals surface area (Å²) in [5.74, 6) is 0.0998. The molecule has 1 N–H and O–H groups in total. The maximum absolute atomic E-state index is 13.5. The number of carbonyl (C=O) groups excluding carboxylic acids is 1. The third kappa shape index (κ3) is 5.54. The van der Waals surface area contributed by atoms with Crippen molar-refractivity contribution in [3.05, 3.63) is 89.0 Å². The Morgan fingerprint density at radius 1 is 0.939 bits per heavy atom. The SMILES string of the molecule is COc1cccc(N(CC(=O)N[C@@H](C)c2cc(C)c(C)cc2C)S(=O)(=O)c2ccccc2)c1. The smallest absolute Gasteiger partial charge is 0.264 e. The molecule has 174 valence electrons. The normalized spacial score (nSPS) is 12.2. The average Bonchev–Trinajstić information content (AvgIpc) is 2.80. The van der Waals surface area contributed by atoms with Crippen LogP contribution in [0.3, 0.4) is 0 Å². The van der Waals surface area contributed by atoms with Gasteiger partial charge >= 0.3 is 0 Å². The van der Waals surface area contributed by atoms with E-state index < -0.39 is 15.9 Å². The minimum Gasteiger partial charge on any atom is -0.497 e. The van der Waals surface area contributed by atoms with E-state index in [0.29, 0.717) is 11.4 Å². The van der Waals surface area contributed by atoms with Crippen molar-refractivity contribution in [1.82, 2.24) is 5.32 Å². The fourth-order valence-corrected chi connectivity index (χ4v) is 5.18. The highest BCUT2D eigenvalue weighted by atomic mass is 32.2. The van der Waals surface area contributed by atoms with Gasteiger partial charge in [0.25, 0.3) is 10.0 Å². The van der Waals surface area contributed by atoms with Gasteiger partial charge in [-0.2, -0.15) is 0 Å². The largest absolute Gasteiger partial charge is 0.497 e. The number of nitrogens with zero attached hydrogens (tertiary/aromatic N) is 1. The summed E-state index contributed by atoms with van der Waals surface area (Å²) in [6, 6.07) is 18.6. The molecule has 0 aromatic heterocycles. The molecule has 3 aromatic carbocycles. The van der Waals surface area contributed by atoms with Crippen molar-refractivity contribution in [1.29, 1.82) is 0 Å². The summed E-state index contributed by atoms with van der Waals surface area (Å²) in [5, 5.41) is 2.96. The minimum absolute atomic E-state index is 0.110. The summed E-state index contributed by atoms with van der Waals surface area (Å²) < 4.78 is 33.3. The molecular weight excluding hydrogens is 436 g/mol. The maximum Gasteiger partial charge on any atom is 0.264 e. The molecule has 1 atom stereocenters. The Kier molecular flexibility index (Phi) is 7.43. The van der Waals surface area contributed by atoms with Crippen molar-refractivity contribution in [3.8, 4) is 5.75 Å². The maximum atomic E-state index is 13.5. The van der Waals surface area contributed by atoms with E-state index in [0.717, 1.165) is 21.0 Å². The van der Waals surface area contributed by atoms with Crippen LogP contribution in [0, 0.1) is 20.8 Å². The molecule has 0 saturated heterocycles.